The number of hydrogen-bond acceptors (Lipinski definition) is 4. The average Bonchev–Trinajstić information content (AvgIpc) is 2.40. The van der Waals surface area contributed by atoms with Crippen LogP contribution in [-0.2, 0) is 16.6 Å². The number of nitrogens with two attached hydrogens (primary N) is 1. The third-order valence-corrected chi connectivity index (χ3v) is 4.49. The maximum atomic E-state index is 13.7. The molecule has 0 spiro atoms. The van der Waals surface area contributed by atoms with Crippen molar-refractivity contribution in [3.63, 3.8) is 0 Å². The van der Waals surface area contributed by atoms with Crippen LogP contribution in [0.15, 0.2) is 41.3 Å². The lowest BCUT2D eigenvalue weighted by Crippen LogP contribution is -2.03. The molecular weight excluding hydrogens is 319 g/mol. The number of nitrogens with zero attached hydrogens (tertiary/aromatic N) is 1. The van der Waals surface area contributed by atoms with Gasteiger partial charge in [-0.3, -0.25) is 14.3 Å². The van der Waals surface area contributed by atoms with Crippen LogP contribution in [0.1, 0.15) is 5.56 Å². The van der Waals surface area contributed by atoms with Gasteiger partial charge in [-0.05, 0) is 24.3 Å². The Morgan fingerprint density at radius 1 is 1.33 bits per heavy atom. The molecule has 21 heavy (non-hydrogen) atoms. The van der Waals surface area contributed by atoms with Crippen molar-refractivity contribution in [2.75, 3.05) is 5.73 Å². The van der Waals surface area contributed by atoms with E-state index in [1.54, 1.807) is 0 Å². The van der Waals surface area contributed by atoms with Crippen molar-refractivity contribution in [1.29, 1.82) is 0 Å². The number of benzene rings is 2. The van der Waals surface area contributed by atoms with Crippen molar-refractivity contribution in [2.24, 2.45) is 0 Å². The summed E-state index contributed by atoms with van der Waals surface area (Å²) in [7, 11) is -1.81. The highest BCUT2D eigenvalue weighted by Gasteiger charge is 2.20. The Morgan fingerprint density at radius 3 is 2.67 bits per heavy atom. The third kappa shape index (κ3) is 3.37. The Morgan fingerprint density at radius 2 is 2.05 bits per heavy atom. The molecule has 0 bridgehead atoms. The number of anilines is 1. The zero-order valence-electron chi connectivity index (χ0n) is 10.6. The van der Waals surface area contributed by atoms with Crippen molar-refractivity contribution in [2.45, 2.75) is 10.6 Å². The molecule has 0 aliphatic heterocycles. The van der Waals surface area contributed by atoms with E-state index < -0.39 is 21.5 Å². The highest BCUT2D eigenvalue weighted by molar-refractivity contribution is 7.84. The van der Waals surface area contributed by atoms with E-state index in [4.69, 9.17) is 17.3 Å². The Kier molecular flexibility index (Phi) is 4.54. The molecule has 2 rings (SSSR count). The second-order valence-electron chi connectivity index (χ2n) is 4.17. The lowest BCUT2D eigenvalue weighted by atomic mass is 10.2. The molecule has 0 aliphatic rings. The molecule has 0 heterocycles. The first kappa shape index (κ1) is 15.4. The molecule has 2 N–H and O–H groups in total. The minimum absolute atomic E-state index is 0.0709. The first-order valence-corrected chi connectivity index (χ1v) is 7.45. The summed E-state index contributed by atoms with van der Waals surface area (Å²) < 4.78 is 25.9. The summed E-state index contributed by atoms with van der Waals surface area (Å²) >= 11 is 5.92. The van der Waals surface area contributed by atoms with Crippen molar-refractivity contribution in [3.8, 4) is 0 Å². The summed E-state index contributed by atoms with van der Waals surface area (Å²) in [5.74, 6) is -0.973. The molecule has 1 unspecified atom stereocenters. The van der Waals surface area contributed by atoms with Gasteiger partial charge in [-0.2, -0.15) is 0 Å². The van der Waals surface area contributed by atoms with Gasteiger partial charge in [-0.1, -0.05) is 17.7 Å². The quantitative estimate of drug-likeness (QED) is 0.530. The van der Waals surface area contributed by atoms with Crippen LogP contribution in [0.2, 0.25) is 5.02 Å². The van der Waals surface area contributed by atoms with Crippen LogP contribution in [0.3, 0.4) is 0 Å². The normalized spacial score (nSPS) is 12.1. The average molecular weight is 329 g/mol. The maximum Gasteiger partial charge on any atom is 0.275 e. The SMILES string of the molecule is Nc1ccc(S(=O)Cc2c(Cl)cccc2[N+](=O)[O-])c(F)c1. The van der Waals surface area contributed by atoms with E-state index >= 15 is 0 Å². The number of nitro benzene ring substituents is 1. The Labute approximate surface area is 127 Å². The lowest BCUT2D eigenvalue weighted by Gasteiger charge is -2.07. The second-order valence-corrected chi connectivity index (χ2v) is 6.00. The molecule has 8 heteroatoms. The van der Waals surface area contributed by atoms with E-state index in [1.807, 2.05) is 0 Å². The summed E-state index contributed by atoms with van der Waals surface area (Å²) in [5.41, 5.74) is 5.49. The highest BCUT2D eigenvalue weighted by Crippen LogP contribution is 2.29. The number of rotatable bonds is 4. The van der Waals surface area contributed by atoms with E-state index in [0.717, 1.165) is 6.07 Å². The first-order chi connectivity index (χ1) is 9.90. The second kappa shape index (κ2) is 6.19. The fraction of sp³-hybridized carbons (Fsp3) is 0.0769. The van der Waals surface area contributed by atoms with Gasteiger partial charge >= 0.3 is 0 Å². The summed E-state index contributed by atoms with van der Waals surface area (Å²) in [4.78, 5) is 10.3. The maximum absolute atomic E-state index is 13.7. The summed E-state index contributed by atoms with van der Waals surface area (Å²) in [6.07, 6.45) is 0. The zero-order valence-corrected chi connectivity index (χ0v) is 12.2. The van der Waals surface area contributed by atoms with Gasteiger partial charge in [0.15, 0.2) is 0 Å². The molecule has 0 aliphatic carbocycles. The van der Waals surface area contributed by atoms with Gasteiger partial charge in [0.05, 0.1) is 37.0 Å². The van der Waals surface area contributed by atoms with Gasteiger partial charge in [0, 0.05) is 11.8 Å². The van der Waals surface area contributed by atoms with Gasteiger partial charge in [0.25, 0.3) is 5.69 Å². The highest BCUT2D eigenvalue weighted by atomic mass is 35.5. The summed E-state index contributed by atoms with van der Waals surface area (Å²) in [5, 5.41) is 11.1. The molecule has 2 aromatic carbocycles. The molecule has 0 radical (unpaired) electrons. The lowest BCUT2D eigenvalue weighted by molar-refractivity contribution is -0.385. The van der Waals surface area contributed by atoms with Crippen molar-refractivity contribution in [3.05, 3.63) is 62.9 Å². The molecule has 0 saturated carbocycles. The van der Waals surface area contributed by atoms with Gasteiger partial charge in [-0.25, -0.2) is 4.39 Å². The monoisotopic (exact) mass is 328 g/mol. The Balaban J connectivity index is 2.38. The number of hydrogen-bond donors (Lipinski definition) is 1. The predicted molar refractivity (Wildman–Crippen MR) is 79.0 cm³/mol. The van der Waals surface area contributed by atoms with E-state index in [-0.39, 0.29) is 32.6 Å². The minimum atomic E-state index is -1.81. The molecular formula is C13H10ClFN2O3S. The molecule has 0 amide bonds. The van der Waals surface area contributed by atoms with Crippen LogP contribution in [0.25, 0.3) is 0 Å². The smallest absolute Gasteiger partial charge is 0.275 e. The van der Waals surface area contributed by atoms with Crippen LogP contribution in [-0.4, -0.2) is 9.13 Å². The molecule has 110 valence electrons. The van der Waals surface area contributed by atoms with Gasteiger partial charge < -0.3 is 5.73 Å². The topological polar surface area (TPSA) is 86.2 Å². The van der Waals surface area contributed by atoms with Crippen LogP contribution in [0.5, 0.6) is 0 Å². The van der Waals surface area contributed by atoms with Gasteiger partial charge in [-0.15, -0.1) is 0 Å². The van der Waals surface area contributed by atoms with Crippen LogP contribution in [0.4, 0.5) is 15.8 Å². The van der Waals surface area contributed by atoms with Crippen LogP contribution < -0.4 is 5.73 Å². The number of halogens is 2. The molecule has 0 aromatic heterocycles. The van der Waals surface area contributed by atoms with Crippen molar-refractivity contribution in [1.82, 2.24) is 0 Å². The largest absolute Gasteiger partial charge is 0.399 e. The standard InChI is InChI=1S/C13H10ClFN2O3S/c14-10-2-1-3-12(17(18)19)9(10)7-21(20)13-5-4-8(16)6-11(13)15/h1-6H,7,16H2. The number of nitro groups is 1. The third-order valence-electron chi connectivity index (χ3n) is 2.77. The van der Waals surface area contributed by atoms with Crippen LogP contribution in [0, 0.1) is 15.9 Å². The van der Waals surface area contributed by atoms with Crippen LogP contribution >= 0.6 is 11.6 Å². The van der Waals surface area contributed by atoms with E-state index in [9.17, 15) is 18.7 Å². The fourth-order valence-corrected chi connectivity index (χ4v) is 3.30. The van der Waals surface area contributed by atoms with E-state index in [1.165, 1.54) is 30.3 Å². The Bertz CT molecular complexity index is 739. The van der Waals surface area contributed by atoms with Gasteiger partial charge in [0.1, 0.15) is 5.82 Å². The molecule has 1 atom stereocenters. The summed E-state index contributed by atoms with van der Waals surface area (Å²) in [6, 6.07) is 7.91. The molecule has 5 nitrogen and oxygen atoms in total. The molecule has 0 fully saturated rings. The summed E-state index contributed by atoms with van der Waals surface area (Å²) in [6.45, 7) is 0. The molecule has 2 aromatic rings. The van der Waals surface area contributed by atoms with E-state index in [2.05, 4.69) is 0 Å². The zero-order chi connectivity index (χ0) is 15.6. The minimum Gasteiger partial charge on any atom is -0.399 e. The predicted octanol–water partition coefficient (Wildman–Crippen LogP) is 3.28. The molecule has 0 saturated heterocycles. The first-order valence-electron chi connectivity index (χ1n) is 5.75. The van der Waals surface area contributed by atoms with Crippen molar-refractivity contribution >= 4 is 33.8 Å². The Hall–Kier alpha value is -1.99. The van der Waals surface area contributed by atoms with E-state index in [0.29, 0.717) is 0 Å². The fourth-order valence-electron chi connectivity index (χ4n) is 1.77. The van der Waals surface area contributed by atoms with Crippen molar-refractivity contribution < 1.29 is 13.5 Å². The van der Waals surface area contributed by atoms with Gasteiger partial charge in [0.2, 0.25) is 0 Å². The number of nitrogen functional groups attached to an aromatic ring is 1.